The Labute approximate surface area is 170 Å². The van der Waals surface area contributed by atoms with Gasteiger partial charge in [-0.1, -0.05) is 17.7 Å². The average molecular weight is 482 g/mol. The Morgan fingerprint density at radius 2 is 2.20 bits per heavy atom. The van der Waals surface area contributed by atoms with E-state index < -0.39 is 0 Å². The number of guanidine groups is 1. The van der Waals surface area contributed by atoms with Gasteiger partial charge in [0.05, 0.1) is 6.61 Å². The third-order valence-corrected chi connectivity index (χ3v) is 4.07. The Balaban J connectivity index is 0.00000312. The standard InChI is InChI=1S/C16H24ClN5O2.HI/c1-2-24-16(23)22-9-6-13(7-10-22)21-15(18)19-8-5-12-3-4-14(17)20-11-12;/h3-4,11,13H,2,5-10H2,1H3,(H3,18,19,21);1H. The van der Waals surface area contributed by atoms with Crippen LogP contribution >= 0.6 is 35.6 Å². The molecule has 0 saturated carbocycles. The number of likely N-dealkylation sites (tertiary alicyclic amines) is 1. The maximum atomic E-state index is 11.6. The first-order valence-corrected chi connectivity index (χ1v) is 8.55. The molecule has 0 spiro atoms. The summed E-state index contributed by atoms with van der Waals surface area (Å²) < 4.78 is 5.00. The van der Waals surface area contributed by atoms with Crippen LogP contribution in [0.4, 0.5) is 4.79 Å². The molecule has 2 rings (SSSR count). The van der Waals surface area contributed by atoms with Gasteiger partial charge in [0.1, 0.15) is 5.15 Å². The smallest absolute Gasteiger partial charge is 0.409 e. The minimum atomic E-state index is -0.242. The van der Waals surface area contributed by atoms with Crippen molar-refractivity contribution in [3.8, 4) is 0 Å². The van der Waals surface area contributed by atoms with Gasteiger partial charge in [-0.05, 0) is 37.8 Å². The molecule has 3 N–H and O–H groups in total. The summed E-state index contributed by atoms with van der Waals surface area (Å²) in [6.07, 6.45) is 3.92. The number of carbonyl (C=O) groups excluding carboxylic acids is 1. The summed E-state index contributed by atoms with van der Waals surface area (Å²) in [6, 6.07) is 3.93. The molecule has 25 heavy (non-hydrogen) atoms. The van der Waals surface area contributed by atoms with Crippen molar-refractivity contribution in [1.29, 1.82) is 0 Å². The van der Waals surface area contributed by atoms with Crippen molar-refractivity contribution in [1.82, 2.24) is 15.2 Å². The van der Waals surface area contributed by atoms with Gasteiger partial charge >= 0.3 is 6.09 Å². The number of amides is 1. The van der Waals surface area contributed by atoms with E-state index in [0.717, 1.165) is 24.8 Å². The fourth-order valence-corrected chi connectivity index (χ4v) is 2.65. The van der Waals surface area contributed by atoms with Crippen LogP contribution in [0.2, 0.25) is 5.15 Å². The highest BCUT2D eigenvalue weighted by Crippen LogP contribution is 2.11. The van der Waals surface area contributed by atoms with Crippen molar-refractivity contribution in [3.05, 3.63) is 29.0 Å². The second-order valence-electron chi connectivity index (χ2n) is 5.61. The highest BCUT2D eigenvalue weighted by Gasteiger charge is 2.23. The van der Waals surface area contributed by atoms with Crippen LogP contribution in [-0.4, -0.2) is 54.2 Å². The van der Waals surface area contributed by atoms with E-state index in [9.17, 15) is 4.79 Å². The number of carbonyl (C=O) groups is 1. The van der Waals surface area contributed by atoms with E-state index in [1.807, 2.05) is 13.0 Å². The molecule has 2 heterocycles. The largest absolute Gasteiger partial charge is 0.450 e. The number of nitrogens with one attached hydrogen (secondary N) is 1. The SMILES string of the molecule is CCOC(=O)N1CCC(NC(N)=NCCc2ccc(Cl)nc2)CC1.I. The number of pyridine rings is 1. The lowest BCUT2D eigenvalue weighted by Crippen LogP contribution is -2.48. The molecule has 0 aliphatic carbocycles. The molecule has 0 bridgehead atoms. The first-order chi connectivity index (χ1) is 11.6. The van der Waals surface area contributed by atoms with Crippen molar-refractivity contribution >= 4 is 47.6 Å². The molecule has 1 aromatic rings. The molecule has 9 heteroatoms. The van der Waals surface area contributed by atoms with Crippen LogP contribution in [0, 0.1) is 0 Å². The van der Waals surface area contributed by atoms with Crippen LogP contribution < -0.4 is 11.1 Å². The van der Waals surface area contributed by atoms with E-state index in [4.69, 9.17) is 22.1 Å². The highest BCUT2D eigenvalue weighted by molar-refractivity contribution is 14.0. The van der Waals surface area contributed by atoms with Gasteiger partial charge in [0.15, 0.2) is 5.96 Å². The number of aliphatic imine (C=N–C) groups is 1. The molecule has 1 aliphatic heterocycles. The van der Waals surface area contributed by atoms with Crippen LogP contribution in [0.25, 0.3) is 0 Å². The van der Waals surface area contributed by atoms with E-state index in [1.54, 1.807) is 17.2 Å². The van der Waals surface area contributed by atoms with E-state index in [-0.39, 0.29) is 36.1 Å². The lowest BCUT2D eigenvalue weighted by Gasteiger charge is -2.31. The van der Waals surface area contributed by atoms with Crippen LogP contribution in [-0.2, 0) is 11.2 Å². The van der Waals surface area contributed by atoms with Crippen molar-refractivity contribution in [3.63, 3.8) is 0 Å². The van der Waals surface area contributed by atoms with E-state index in [1.165, 1.54) is 0 Å². The summed E-state index contributed by atoms with van der Waals surface area (Å²) >= 11 is 5.75. The zero-order valence-corrected chi connectivity index (χ0v) is 17.4. The molecule has 140 valence electrons. The van der Waals surface area contributed by atoms with Crippen LogP contribution in [0.5, 0.6) is 0 Å². The number of piperidine rings is 1. The summed E-state index contributed by atoms with van der Waals surface area (Å²) in [6.45, 7) is 4.13. The Morgan fingerprint density at radius 1 is 1.48 bits per heavy atom. The van der Waals surface area contributed by atoms with Crippen LogP contribution in [0.1, 0.15) is 25.3 Å². The third kappa shape index (κ3) is 7.64. The Hall–Kier alpha value is -1.29. The number of hydrogen-bond donors (Lipinski definition) is 2. The molecular weight excluding hydrogens is 457 g/mol. The van der Waals surface area contributed by atoms with Gasteiger partial charge in [0.25, 0.3) is 0 Å². The number of nitrogens with two attached hydrogens (primary N) is 1. The number of nitrogens with zero attached hydrogens (tertiary/aromatic N) is 3. The highest BCUT2D eigenvalue weighted by atomic mass is 127. The van der Waals surface area contributed by atoms with Crippen molar-refractivity contribution in [2.45, 2.75) is 32.2 Å². The van der Waals surface area contributed by atoms with Gasteiger partial charge < -0.3 is 20.7 Å². The Kier molecular flexibility index (Phi) is 9.88. The van der Waals surface area contributed by atoms with Crippen molar-refractivity contribution in [2.24, 2.45) is 10.7 Å². The van der Waals surface area contributed by atoms with Gasteiger partial charge in [-0.3, -0.25) is 4.99 Å². The fourth-order valence-electron chi connectivity index (χ4n) is 2.54. The minimum Gasteiger partial charge on any atom is -0.450 e. The molecule has 1 fully saturated rings. The monoisotopic (exact) mass is 481 g/mol. The normalized spacial score (nSPS) is 15.4. The molecule has 7 nitrogen and oxygen atoms in total. The summed E-state index contributed by atoms with van der Waals surface area (Å²) in [4.78, 5) is 21.7. The summed E-state index contributed by atoms with van der Waals surface area (Å²) in [7, 11) is 0. The third-order valence-electron chi connectivity index (χ3n) is 3.84. The number of aromatic nitrogens is 1. The number of rotatable bonds is 5. The van der Waals surface area contributed by atoms with E-state index in [0.29, 0.717) is 37.4 Å². The van der Waals surface area contributed by atoms with Gasteiger partial charge in [-0.25, -0.2) is 9.78 Å². The maximum Gasteiger partial charge on any atom is 0.409 e. The minimum absolute atomic E-state index is 0. The summed E-state index contributed by atoms with van der Waals surface area (Å²) in [5.74, 6) is 0.437. The first-order valence-electron chi connectivity index (χ1n) is 8.17. The molecule has 1 aromatic heterocycles. The molecule has 0 atom stereocenters. The Morgan fingerprint density at radius 3 is 2.80 bits per heavy atom. The molecule has 0 radical (unpaired) electrons. The molecule has 0 unspecified atom stereocenters. The van der Waals surface area contributed by atoms with Crippen molar-refractivity contribution in [2.75, 3.05) is 26.2 Å². The molecule has 1 saturated heterocycles. The zero-order valence-electron chi connectivity index (χ0n) is 14.3. The predicted octanol–water partition coefficient (Wildman–Crippen LogP) is 2.42. The Bertz CT molecular complexity index is 562. The van der Waals surface area contributed by atoms with E-state index >= 15 is 0 Å². The molecular formula is C16H25ClIN5O2. The molecule has 1 amide bonds. The van der Waals surface area contributed by atoms with E-state index in [2.05, 4.69) is 15.3 Å². The number of halogens is 2. The molecule has 0 aromatic carbocycles. The second kappa shape index (κ2) is 11.3. The first kappa shape index (κ1) is 21.8. The van der Waals surface area contributed by atoms with Gasteiger partial charge in [-0.2, -0.15) is 0 Å². The zero-order chi connectivity index (χ0) is 17.4. The average Bonchev–Trinajstić information content (AvgIpc) is 2.57. The van der Waals surface area contributed by atoms with Crippen LogP contribution in [0.15, 0.2) is 23.3 Å². The van der Waals surface area contributed by atoms with Gasteiger partial charge in [-0.15, -0.1) is 24.0 Å². The lowest BCUT2D eigenvalue weighted by molar-refractivity contribution is 0.0963. The van der Waals surface area contributed by atoms with Gasteiger partial charge in [0, 0.05) is 31.9 Å². The predicted molar refractivity (Wildman–Crippen MR) is 110 cm³/mol. The maximum absolute atomic E-state index is 11.6. The number of hydrogen-bond acceptors (Lipinski definition) is 4. The lowest BCUT2D eigenvalue weighted by atomic mass is 10.1. The number of ether oxygens (including phenoxy) is 1. The second-order valence-corrected chi connectivity index (χ2v) is 6.00. The van der Waals surface area contributed by atoms with Crippen LogP contribution in [0.3, 0.4) is 0 Å². The topological polar surface area (TPSA) is 92.8 Å². The fraction of sp³-hybridized carbons (Fsp3) is 0.562. The van der Waals surface area contributed by atoms with Crippen molar-refractivity contribution < 1.29 is 9.53 Å². The summed E-state index contributed by atoms with van der Waals surface area (Å²) in [5, 5.41) is 3.70. The quantitative estimate of drug-likeness (QED) is 0.292. The van der Waals surface area contributed by atoms with Gasteiger partial charge in [0.2, 0.25) is 0 Å². The summed E-state index contributed by atoms with van der Waals surface area (Å²) in [5.41, 5.74) is 7.00. The molecule has 1 aliphatic rings.